The van der Waals surface area contributed by atoms with Crippen molar-refractivity contribution in [1.82, 2.24) is 0 Å². The lowest BCUT2D eigenvalue weighted by atomic mass is 10.1. The van der Waals surface area contributed by atoms with Crippen LogP contribution in [0.5, 0.6) is 5.75 Å². The van der Waals surface area contributed by atoms with Crippen LogP contribution in [0.3, 0.4) is 0 Å². The number of hydrogen-bond donors (Lipinski definition) is 1. The molecule has 0 fully saturated rings. The van der Waals surface area contributed by atoms with Crippen LogP contribution in [0.15, 0.2) is 35.4 Å². The lowest BCUT2D eigenvalue weighted by Gasteiger charge is -2.08. The Morgan fingerprint density at radius 1 is 1.36 bits per heavy atom. The van der Waals surface area contributed by atoms with Gasteiger partial charge in [-0.2, -0.15) is 0 Å². The van der Waals surface area contributed by atoms with Crippen LogP contribution in [0.1, 0.15) is 0 Å². The van der Waals surface area contributed by atoms with Gasteiger partial charge in [0, 0.05) is 23.6 Å². The summed E-state index contributed by atoms with van der Waals surface area (Å²) < 4.78 is 5.86. The van der Waals surface area contributed by atoms with Gasteiger partial charge in [-0.1, -0.05) is 12.1 Å². The molecule has 1 atom stereocenters. The maximum absolute atomic E-state index is 5.86. The number of hydrogen-bond acceptors (Lipinski definition) is 3. The molecule has 14 heavy (non-hydrogen) atoms. The molecule has 0 radical (unpaired) electrons. The number of rotatable bonds is 0. The van der Waals surface area contributed by atoms with Crippen LogP contribution in [0.2, 0.25) is 0 Å². The van der Waals surface area contributed by atoms with Crippen LogP contribution in [-0.2, 0) is 0 Å². The van der Waals surface area contributed by atoms with Gasteiger partial charge in [0.25, 0.3) is 0 Å². The molecular weight excluding hydrogens is 194 g/mol. The number of thioether (sulfide) groups is 1. The van der Waals surface area contributed by atoms with E-state index in [-0.39, 0.29) is 0 Å². The van der Waals surface area contributed by atoms with E-state index in [9.17, 15) is 0 Å². The number of anilines is 1. The van der Waals surface area contributed by atoms with Crippen molar-refractivity contribution < 1.29 is 4.74 Å². The number of benzene rings is 1. The smallest absolute Gasteiger partial charge is 0.150 e. The molecular formula is C11H11NOS. The van der Waals surface area contributed by atoms with Gasteiger partial charge in [0.1, 0.15) is 11.5 Å². The first-order valence-corrected chi connectivity index (χ1v) is 5.81. The summed E-state index contributed by atoms with van der Waals surface area (Å²) in [6.07, 6.45) is 0. The fourth-order valence-corrected chi connectivity index (χ4v) is 2.77. The van der Waals surface area contributed by atoms with Crippen LogP contribution >= 0.6 is 11.8 Å². The summed E-state index contributed by atoms with van der Waals surface area (Å²) in [5.74, 6) is 3.74. The second kappa shape index (κ2) is 3.24. The van der Waals surface area contributed by atoms with E-state index in [1.165, 1.54) is 0 Å². The molecule has 1 aromatic carbocycles. The number of para-hydroxylation sites is 2. The van der Waals surface area contributed by atoms with Crippen LogP contribution < -0.4 is 10.1 Å². The minimum Gasteiger partial charge on any atom is -0.459 e. The maximum atomic E-state index is 5.86. The van der Waals surface area contributed by atoms with E-state index in [4.69, 9.17) is 4.74 Å². The molecule has 3 rings (SSSR count). The Labute approximate surface area is 87.3 Å². The van der Waals surface area contributed by atoms with Crippen LogP contribution in [0.4, 0.5) is 5.69 Å². The molecule has 3 heteroatoms. The van der Waals surface area contributed by atoms with E-state index in [0.29, 0.717) is 5.92 Å². The Morgan fingerprint density at radius 3 is 3.29 bits per heavy atom. The molecule has 1 aromatic rings. The molecule has 0 spiro atoms. The van der Waals surface area contributed by atoms with E-state index in [1.54, 1.807) is 0 Å². The highest BCUT2D eigenvalue weighted by molar-refractivity contribution is 8.02. The Morgan fingerprint density at radius 2 is 2.29 bits per heavy atom. The molecule has 2 nitrogen and oxygen atoms in total. The average molecular weight is 205 g/mol. The highest BCUT2D eigenvalue weighted by atomic mass is 32.2. The van der Waals surface area contributed by atoms with Gasteiger partial charge in [0.2, 0.25) is 0 Å². The Bertz CT molecular complexity index is 389. The molecule has 1 unspecified atom stereocenters. The van der Waals surface area contributed by atoms with Gasteiger partial charge in [0.05, 0.1) is 5.69 Å². The normalized spacial score (nSPS) is 23.7. The summed E-state index contributed by atoms with van der Waals surface area (Å²) in [5.41, 5.74) is 1.10. The molecule has 2 heterocycles. The average Bonchev–Trinajstić information content (AvgIpc) is 2.58. The monoisotopic (exact) mass is 205 g/mol. The van der Waals surface area contributed by atoms with Crippen molar-refractivity contribution in [3.05, 3.63) is 35.4 Å². The fourth-order valence-electron chi connectivity index (χ4n) is 1.75. The molecule has 0 aromatic heterocycles. The van der Waals surface area contributed by atoms with Crippen molar-refractivity contribution in [2.45, 2.75) is 0 Å². The van der Waals surface area contributed by atoms with E-state index >= 15 is 0 Å². The number of ether oxygens (including phenoxy) is 1. The number of fused-ring (bicyclic) bond motifs is 2. The predicted octanol–water partition coefficient (Wildman–Crippen LogP) is 2.70. The molecule has 0 saturated carbocycles. The van der Waals surface area contributed by atoms with Gasteiger partial charge in [-0.25, -0.2) is 0 Å². The van der Waals surface area contributed by atoms with Crippen LogP contribution in [0, 0.1) is 5.92 Å². The summed E-state index contributed by atoms with van der Waals surface area (Å²) in [4.78, 5) is 0. The van der Waals surface area contributed by atoms with Crippen molar-refractivity contribution in [2.75, 3.05) is 17.6 Å². The van der Waals surface area contributed by atoms with E-state index in [0.717, 1.165) is 29.5 Å². The minimum atomic E-state index is 0.535. The Hall–Kier alpha value is -1.09. The summed E-state index contributed by atoms with van der Waals surface area (Å²) in [7, 11) is 0. The van der Waals surface area contributed by atoms with Crippen molar-refractivity contribution in [1.29, 1.82) is 0 Å². The van der Waals surface area contributed by atoms with Crippen molar-refractivity contribution in [3.63, 3.8) is 0 Å². The molecule has 0 amide bonds. The van der Waals surface area contributed by atoms with Crippen molar-refractivity contribution in [3.8, 4) is 5.75 Å². The fraction of sp³-hybridized carbons (Fsp3) is 0.273. The lowest BCUT2D eigenvalue weighted by molar-refractivity contribution is 0.382. The van der Waals surface area contributed by atoms with Gasteiger partial charge in [0.15, 0.2) is 0 Å². The molecule has 0 aliphatic carbocycles. The van der Waals surface area contributed by atoms with E-state index < -0.39 is 0 Å². The highest BCUT2D eigenvalue weighted by Crippen LogP contribution is 2.36. The third-order valence-corrected chi connectivity index (χ3v) is 3.55. The summed E-state index contributed by atoms with van der Waals surface area (Å²) in [5, 5.41) is 5.55. The standard InChI is InChI=1S/C11H11NOS/c1-2-4-10-9(3-1)12-5-8-6-14-7-11(8)13-10/h1-4,7-8,12H,5-6H2. The summed E-state index contributed by atoms with van der Waals surface area (Å²) in [6, 6.07) is 8.10. The zero-order valence-electron chi connectivity index (χ0n) is 7.69. The zero-order valence-corrected chi connectivity index (χ0v) is 8.51. The first-order chi connectivity index (χ1) is 6.93. The van der Waals surface area contributed by atoms with Gasteiger partial charge >= 0.3 is 0 Å². The summed E-state index contributed by atoms with van der Waals surface area (Å²) >= 11 is 1.84. The Kier molecular flexibility index (Phi) is 1.91. The largest absolute Gasteiger partial charge is 0.459 e. The quantitative estimate of drug-likeness (QED) is 0.703. The molecule has 2 aliphatic rings. The van der Waals surface area contributed by atoms with Gasteiger partial charge < -0.3 is 10.1 Å². The van der Waals surface area contributed by atoms with Crippen LogP contribution in [-0.4, -0.2) is 12.3 Å². The van der Waals surface area contributed by atoms with Crippen molar-refractivity contribution >= 4 is 17.4 Å². The molecule has 72 valence electrons. The third-order valence-electron chi connectivity index (χ3n) is 2.55. The first kappa shape index (κ1) is 8.24. The maximum Gasteiger partial charge on any atom is 0.150 e. The molecule has 0 saturated heterocycles. The van der Waals surface area contributed by atoms with Gasteiger partial charge in [-0.05, 0) is 12.1 Å². The van der Waals surface area contributed by atoms with E-state index in [2.05, 4.69) is 16.8 Å². The van der Waals surface area contributed by atoms with Gasteiger partial charge in [-0.15, -0.1) is 11.8 Å². The summed E-state index contributed by atoms with van der Waals surface area (Å²) in [6.45, 7) is 0.982. The lowest BCUT2D eigenvalue weighted by Crippen LogP contribution is -2.15. The predicted molar refractivity (Wildman–Crippen MR) is 59.6 cm³/mol. The van der Waals surface area contributed by atoms with Crippen molar-refractivity contribution in [2.24, 2.45) is 5.92 Å². The topological polar surface area (TPSA) is 21.3 Å². The highest BCUT2D eigenvalue weighted by Gasteiger charge is 2.25. The zero-order chi connectivity index (χ0) is 9.38. The SMILES string of the molecule is C1=C2Oc3ccccc3NCC2CS1. The minimum absolute atomic E-state index is 0.535. The number of nitrogens with one attached hydrogen (secondary N) is 1. The molecule has 1 N–H and O–H groups in total. The third kappa shape index (κ3) is 1.28. The van der Waals surface area contributed by atoms with Crippen LogP contribution in [0.25, 0.3) is 0 Å². The second-order valence-corrected chi connectivity index (χ2v) is 4.43. The Balaban J connectivity index is 2.00. The van der Waals surface area contributed by atoms with Gasteiger partial charge in [-0.3, -0.25) is 0 Å². The molecule has 0 bridgehead atoms. The first-order valence-electron chi connectivity index (χ1n) is 4.76. The second-order valence-electron chi connectivity index (χ2n) is 3.53. The van der Waals surface area contributed by atoms with E-state index in [1.807, 2.05) is 30.0 Å². The molecule has 2 aliphatic heterocycles.